The number of nitrogens with one attached hydrogen (secondary N) is 1. The van der Waals surface area contributed by atoms with Crippen LogP contribution in [0.1, 0.15) is 5.82 Å². The van der Waals surface area contributed by atoms with Gasteiger partial charge in [0.25, 0.3) is 0 Å². The van der Waals surface area contributed by atoms with E-state index < -0.39 is 0 Å². The van der Waals surface area contributed by atoms with Crippen molar-refractivity contribution in [2.75, 3.05) is 5.32 Å². The standard InChI is InChI=1S/C6H8N4/c1-5-8-6-7-3-2-4-10(6)9-5/h2-3H,4H2,1H3,(H,7,8,9). The molecular weight excluding hydrogens is 128 g/mol. The van der Waals surface area contributed by atoms with Crippen molar-refractivity contribution >= 4 is 5.95 Å². The lowest BCUT2D eigenvalue weighted by atomic mass is 10.5. The lowest BCUT2D eigenvalue weighted by molar-refractivity contribution is 0.692. The van der Waals surface area contributed by atoms with Crippen LogP contribution in [0.3, 0.4) is 0 Å². The second-order valence-electron chi connectivity index (χ2n) is 2.21. The highest BCUT2D eigenvalue weighted by Gasteiger charge is 2.05. The fraction of sp³-hybridized carbons (Fsp3) is 0.333. The highest BCUT2D eigenvalue weighted by molar-refractivity contribution is 5.32. The first-order valence-corrected chi connectivity index (χ1v) is 3.19. The summed E-state index contributed by atoms with van der Waals surface area (Å²) >= 11 is 0. The molecule has 0 amide bonds. The van der Waals surface area contributed by atoms with Crippen molar-refractivity contribution in [3.63, 3.8) is 0 Å². The summed E-state index contributed by atoms with van der Waals surface area (Å²) < 4.78 is 1.83. The van der Waals surface area contributed by atoms with Gasteiger partial charge < -0.3 is 5.32 Å². The summed E-state index contributed by atoms with van der Waals surface area (Å²) in [4.78, 5) is 4.14. The first-order chi connectivity index (χ1) is 4.86. The SMILES string of the molecule is Cc1nc2n(n1)CC=CN2. The zero-order valence-electron chi connectivity index (χ0n) is 5.70. The molecule has 0 aromatic carbocycles. The number of rotatable bonds is 0. The van der Waals surface area contributed by atoms with Gasteiger partial charge in [0.15, 0.2) is 0 Å². The lowest BCUT2D eigenvalue weighted by Gasteiger charge is -2.05. The molecule has 52 valence electrons. The van der Waals surface area contributed by atoms with Crippen LogP contribution in [0.5, 0.6) is 0 Å². The molecule has 0 bridgehead atoms. The van der Waals surface area contributed by atoms with Gasteiger partial charge in [-0.05, 0) is 13.0 Å². The van der Waals surface area contributed by atoms with E-state index in [1.54, 1.807) is 0 Å². The summed E-state index contributed by atoms with van der Waals surface area (Å²) in [5.41, 5.74) is 0. The maximum absolute atomic E-state index is 4.14. The molecule has 0 unspecified atom stereocenters. The fourth-order valence-corrected chi connectivity index (χ4v) is 0.975. The molecule has 4 heteroatoms. The molecule has 0 atom stereocenters. The summed E-state index contributed by atoms with van der Waals surface area (Å²) in [7, 11) is 0. The molecule has 0 spiro atoms. The van der Waals surface area contributed by atoms with E-state index in [4.69, 9.17) is 0 Å². The van der Waals surface area contributed by atoms with Gasteiger partial charge >= 0.3 is 0 Å². The van der Waals surface area contributed by atoms with Crippen LogP contribution in [-0.2, 0) is 6.54 Å². The van der Waals surface area contributed by atoms with Gasteiger partial charge in [-0.1, -0.05) is 0 Å². The van der Waals surface area contributed by atoms with Crippen LogP contribution in [0, 0.1) is 6.92 Å². The van der Waals surface area contributed by atoms with Gasteiger partial charge in [0.2, 0.25) is 5.95 Å². The van der Waals surface area contributed by atoms with Crippen LogP contribution in [-0.4, -0.2) is 14.8 Å². The third-order valence-electron chi connectivity index (χ3n) is 1.39. The number of fused-ring (bicyclic) bond motifs is 1. The van der Waals surface area contributed by atoms with E-state index in [9.17, 15) is 0 Å². The van der Waals surface area contributed by atoms with Gasteiger partial charge in [-0.2, -0.15) is 10.1 Å². The quantitative estimate of drug-likeness (QED) is 0.565. The number of hydrogen-bond donors (Lipinski definition) is 1. The molecule has 0 fully saturated rings. The lowest BCUT2D eigenvalue weighted by Crippen LogP contribution is -2.08. The van der Waals surface area contributed by atoms with E-state index in [0.29, 0.717) is 0 Å². The predicted molar refractivity (Wildman–Crippen MR) is 37.5 cm³/mol. The molecular formula is C6H8N4. The van der Waals surface area contributed by atoms with Crippen molar-refractivity contribution < 1.29 is 0 Å². The highest BCUT2D eigenvalue weighted by atomic mass is 15.4. The molecule has 0 aliphatic carbocycles. The van der Waals surface area contributed by atoms with E-state index in [2.05, 4.69) is 15.4 Å². The molecule has 1 N–H and O–H groups in total. The Morgan fingerprint density at radius 1 is 1.70 bits per heavy atom. The summed E-state index contributed by atoms with van der Waals surface area (Å²) in [6, 6.07) is 0. The van der Waals surface area contributed by atoms with E-state index in [-0.39, 0.29) is 0 Å². The molecule has 2 heterocycles. The topological polar surface area (TPSA) is 42.7 Å². The molecule has 1 aliphatic heterocycles. The average Bonchev–Trinajstić information content (AvgIpc) is 2.27. The number of aromatic nitrogens is 3. The zero-order chi connectivity index (χ0) is 6.97. The minimum atomic E-state index is 0.811. The molecule has 0 radical (unpaired) electrons. The van der Waals surface area contributed by atoms with Crippen LogP contribution in [0.4, 0.5) is 5.95 Å². The molecule has 0 saturated carbocycles. The number of nitrogens with zero attached hydrogens (tertiary/aromatic N) is 3. The molecule has 1 aliphatic rings. The fourth-order valence-electron chi connectivity index (χ4n) is 0.975. The van der Waals surface area contributed by atoms with Crippen molar-refractivity contribution in [3.05, 3.63) is 18.1 Å². The van der Waals surface area contributed by atoms with Crippen molar-refractivity contribution in [2.24, 2.45) is 0 Å². The predicted octanol–water partition coefficient (Wildman–Crippen LogP) is 0.526. The van der Waals surface area contributed by atoms with Crippen LogP contribution in [0.2, 0.25) is 0 Å². The first-order valence-electron chi connectivity index (χ1n) is 3.19. The van der Waals surface area contributed by atoms with Gasteiger partial charge in [0.1, 0.15) is 5.82 Å². The largest absolute Gasteiger partial charge is 0.331 e. The first kappa shape index (κ1) is 5.46. The summed E-state index contributed by atoms with van der Waals surface area (Å²) in [5.74, 6) is 1.64. The number of aryl methyl sites for hydroxylation is 1. The zero-order valence-corrected chi connectivity index (χ0v) is 5.70. The Balaban J connectivity index is 2.46. The minimum absolute atomic E-state index is 0.811. The molecule has 10 heavy (non-hydrogen) atoms. The van der Waals surface area contributed by atoms with Crippen LogP contribution in [0.25, 0.3) is 0 Å². The van der Waals surface area contributed by atoms with Gasteiger partial charge in [-0.3, -0.25) is 0 Å². The Morgan fingerprint density at radius 2 is 2.60 bits per heavy atom. The third kappa shape index (κ3) is 0.689. The van der Waals surface area contributed by atoms with E-state index >= 15 is 0 Å². The summed E-state index contributed by atoms with van der Waals surface area (Å²) in [5, 5.41) is 7.14. The van der Waals surface area contributed by atoms with Crippen molar-refractivity contribution in [1.82, 2.24) is 14.8 Å². The number of hydrogen-bond acceptors (Lipinski definition) is 3. The Hall–Kier alpha value is -1.32. The average molecular weight is 136 g/mol. The molecule has 1 aromatic heterocycles. The number of anilines is 1. The van der Waals surface area contributed by atoms with E-state index in [0.717, 1.165) is 18.3 Å². The smallest absolute Gasteiger partial charge is 0.225 e. The van der Waals surface area contributed by atoms with Crippen molar-refractivity contribution in [2.45, 2.75) is 13.5 Å². The van der Waals surface area contributed by atoms with Gasteiger partial charge in [0, 0.05) is 6.20 Å². The summed E-state index contributed by atoms with van der Waals surface area (Å²) in [6.45, 7) is 2.70. The maximum Gasteiger partial charge on any atom is 0.225 e. The molecule has 1 aromatic rings. The van der Waals surface area contributed by atoms with E-state index in [1.807, 2.05) is 23.9 Å². The Morgan fingerprint density at radius 3 is 3.40 bits per heavy atom. The molecule has 2 rings (SSSR count). The van der Waals surface area contributed by atoms with Gasteiger partial charge in [-0.15, -0.1) is 0 Å². The monoisotopic (exact) mass is 136 g/mol. The second-order valence-corrected chi connectivity index (χ2v) is 2.21. The van der Waals surface area contributed by atoms with Crippen molar-refractivity contribution in [3.8, 4) is 0 Å². The number of allylic oxidation sites excluding steroid dienone is 1. The van der Waals surface area contributed by atoms with Crippen LogP contribution >= 0.6 is 0 Å². The Labute approximate surface area is 58.6 Å². The maximum atomic E-state index is 4.14. The summed E-state index contributed by atoms with van der Waals surface area (Å²) in [6.07, 6.45) is 3.88. The third-order valence-corrected chi connectivity index (χ3v) is 1.39. The molecule has 0 saturated heterocycles. The van der Waals surface area contributed by atoms with Crippen LogP contribution < -0.4 is 5.32 Å². The Kier molecular flexibility index (Phi) is 1.00. The van der Waals surface area contributed by atoms with Crippen molar-refractivity contribution in [1.29, 1.82) is 0 Å². The second kappa shape index (κ2) is 1.83. The van der Waals surface area contributed by atoms with Crippen LogP contribution in [0.15, 0.2) is 12.3 Å². The van der Waals surface area contributed by atoms with E-state index in [1.165, 1.54) is 0 Å². The minimum Gasteiger partial charge on any atom is -0.331 e. The highest BCUT2D eigenvalue weighted by Crippen LogP contribution is 2.07. The normalized spacial score (nSPS) is 14.5. The van der Waals surface area contributed by atoms with Gasteiger partial charge in [0.05, 0.1) is 6.54 Å². The molecule has 4 nitrogen and oxygen atoms in total. The van der Waals surface area contributed by atoms with Gasteiger partial charge in [-0.25, -0.2) is 4.68 Å². The Bertz CT molecular complexity index is 248.